The first-order valence-corrected chi connectivity index (χ1v) is 6.52. The standard InChI is InChI=1S/C17H18O3/c1-17(2,3)14-11-7-8-12-15(14)19-20-16(18)13-9-5-4-6-10-13/h4-12H,1-3H3. The molecule has 0 unspecified atom stereocenters. The summed E-state index contributed by atoms with van der Waals surface area (Å²) in [5.74, 6) is 0.0543. The molecule has 0 heterocycles. The summed E-state index contributed by atoms with van der Waals surface area (Å²) in [5.41, 5.74) is 1.36. The van der Waals surface area contributed by atoms with Gasteiger partial charge in [-0.1, -0.05) is 57.2 Å². The first-order valence-electron chi connectivity index (χ1n) is 6.52. The van der Waals surface area contributed by atoms with Gasteiger partial charge in [0, 0.05) is 5.56 Å². The highest BCUT2D eigenvalue weighted by Gasteiger charge is 2.20. The summed E-state index contributed by atoms with van der Waals surface area (Å²) >= 11 is 0. The molecule has 0 N–H and O–H groups in total. The monoisotopic (exact) mass is 270 g/mol. The third-order valence-electron chi connectivity index (χ3n) is 2.91. The van der Waals surface area contributed by atoms with Gasteiger partial charge in [0.25, 0.3) is 0 Å². The quantitative estimate of drug-likeness (QED) is 0.621. The van der Waals surface area contributed by atoms with Crippen LogP contribution in [-0.4, -0.2) is 5.97 Å². The second kappa shape index (κ2) is 5.78. The number of para-hydroxylation sites is 1. The molecule has 2 aromatic rings. The molecule has 0 aliphatic carbocycles. The number of rotatable bonds is 3. The first-order chi connectivity index (χ1) is 9.48. The zero-order valence-electron chi connectivity index (χ0n) is 11.9. The smallest absolute Gasteiger partial charge is 0.286 e. The third kappa shape index (κ3) is 3.38. The highest BCUT2D eigenvalue weighted by Crippen LogP contribution is 2.31. The Labute approximate surface area is 119 Å². The summed E-state index contributed by atoms with van der Waals surface area (Å²) in [6.07, 6.45) is 0. The van der Waals surface area contributed by atoms with Crippen molar-refractivity contribution in [2.45, 2.75) is 26.2 Å². The summed E-state index contributed by atoms with van der Waals surface area (Å²) in [6.45, 7) is 6.23. The van der Waals surface area contributed by atoms with E-state index in [-0.39, 0.29) is 5.41 Å². The fourth-order valence-electron chi connectivity index (χ4n) is 1.86. The van der Waals surface area contributed by atoms with E-state index < -0.39 is 5.97 Å². The van der Waals surface area contributed by atoms with Crippen molar-refractivity contribution in [1.29, 1.82) is 0 Å². The molecule has 20 heavy (non-hydrogen) atoms. The van der Waals surface area contributed by atoms with Crippen LogP contribution < -0.4 is 4.89 Å². The molecule has 3 heteroatoms. The lowest BCUT2D eigenvalue weighted by Crippen LogP contribution is -2.15. The zero-order valence-corrected chi connectivity index (χ0v) is 11.9. The van der Waals surface area contributed by atoms with Crippen molar-refractivity contribution >= 4 is 5.97 Å². The lowest BCUT2D eigenvalue weighted by molar-refractivity contribution is -0.150. The lowest BCUT2D eigenvalue weighted by atomic mass is 9.86. The van der Waals surface area contributed by atoms with Gasteiger partial charge in [0.15, 0.2) is 5.75 Å². The van der Waals surface area contributed by atoms with E-state index in [4.69, 9.17) is 9.78 Å². The molecule has 0 amide bonds. The largest absolute Gasteiger partial charge is 0.386 e. The molecule has 0 atom stereocenters. The summed E-state index contributed by atoms with van der Waals surface area (Å²) in [5, 5.41) is 0. The van der Waals surface area contributed by atoms with E-state index in [1.807, 2.05) is 24.3 Å². The maximum atomic E-state index is 11.8. The lowest BCUT2D eigenvalue weighted by Gasteiger charge is -2.21. The molecule has 3 nitrogen and oxygen atoms in total. The first kappa shape index (κ1) is 14.1. The minimum atomic E-state index is -0.505. The Morgan fingerprint density at radius 3 is 2.15 bits per heavy atom. The maximum absolute atomic E-state index is 11.8. The van der Waals surface area contributed by atoms with Crippen LogP contribution in [0.4, 0.5) is 0 Å². The molecule has 104 valence electrons. The van der Waals surface area contributed by atoms with Crippen molar-refractivity contribution < 1.29 is 14.6 Å². The van der Waals surface area contributed by atoms with Gasteiger partial charge in [-0.15, -0.1) is 0 Å². The molecular weight excluding hydrogens is 252 g/mol. The van der Waals surface area contributed by atoms with E-state index in [0.29, 0.717) is 11.3 Å². The average molecular weight is 270 g/mol. The zero-order chi connectivity index (χ0) is 14.6. The minimum Gasteiger partial charge on any atom is -0.286 e. The molecule has 0 radical (unpaired) electrons. The molecule has 0 aliphatic rings. The van der Waals surface area contributed by atoms with Gasteiger partial charge < -0.3 is 0 Å². The number of hydrogen-bond donors (Lipinski definition) is 0. The van der Waals surface area contributed by atoms with E-state index in [2.05, 4.69) is 20.8 Å². The normalized spacial score (nSPS) is 10.9. The van der Waals surface area contributed by atoms with E-state index in [9.17, 15) is 4.79 Å². The number of carbonyl (C=O) groups excluding carboxylic acids is 1. The van der Waals surface area contributed by atoms with E-state index in [1.165, 1.54) is 0 Å². The van der Waals surface area contributed by atoms with Crippen molar-refractivity contribution in [3.63, 3.8) is 0 Å². The van der Waals surface area contributed by atoms with Crippen molar-refractivity contribution in [1.82, 2.24) is 0 Å². The molecule has 2 rings (SSSR count). The maximum Gasteiger partial charge on any atom is 0.386 e. The molecule has 0 spiro atoms. The number of hydrogen-bond acceptors (Lipinski definition) is 3. The third-order valence-corrected chi connectivity index (χ3v) is 2.91. The highest BCUT2D eigenvalue weighted by molar-refractivity contribution is 5.88. The molecule has 0 bridgehead atoms. The Kier molecular flexibility index (Phi) is 4.08. The molecular formula is C17H18O3. The molecule has 0 aromatic heterocycles. The van der Waals surface area contributed by atoms with Gasteiger partial charge in [-0.2, -0.15) is 0 Å². The van der Waals surface area contributed by atoms with Crippen LogP contribution in [0.15, 0.2) is 54.6 Å². The van der Waals surface area contributed by atoms with Gasteiger partial charge in [0.05, 0.1) is 5.56 Å². The predicted molar refractivity (Wildman–Crippen MR) is 77.6 cm³/mol. The highest BCUT2D eigenvalue weighted by atomic mass is 17.2. The van der Waals surface area contributed by atoms with Crippen LogP contribution in [0.25, 0.3) is 0 Å². The fraction of sp³-hybridized carbons (Fsp3) is 0.235. The molecule has 0 aliphatic heterocycles. The number of carbonyl (C=O) groups is 1. The topological polar surface area (TPSA) is 35.5 Å². The van der Waals surface area contributed by atoms with Crippen LogP contribution in [0, 0.1) is 0 Å². The van der Waals surface area contributed by atoms with Crippen molar-refractivity contribution in [3.8, 4) is 5.75 Å². The van der Waals surface area contributed by atoms with Crippen LogP contribution in [-0.2, 0) is 10.3 Å². The summed E-state index contributed by atoms with van der Waals surface area (Å²) in [7, 11) is 0. The number of benzene rings is 2. The van der Waals surface area contributed by atoms with Crippen LogP contribution in [0.2, 0.25) is 0 Å². The van der Waals surface area contributed by atoms with Crippen molar-refractivity contribution in [2.75, 3.05) is 0 Å². The van der Waals surface area contributed by atoms with Gasteiger partial charge in [-0.05, 0) is 23.6 Å². The van der Waals surface area contributed by atoms with Crippen LogP contribution >= 0.6 is 0 Å². The SMILES string of the molecule is CC(C)(C)c1ccccc1OOC(=O)c1ccccc1. The van der Waals surface area contributed by atoms with Gasteiger partial charge in [-0.3, -0.25) is 4.89 Å². The van der Waals surface area contributed by atoms with E-state index >= 15 is 0 Å². The molecule has 0 saturated heterocycles. The molecule has 0 saturated carbocycles. The van der Waals surface area contributed by atoms with Crippen LogP contribution in [0.5, 0.6) is 5.75 Å². The van der Waals surface area contributed by atoms with Gasteiger partial charge in [0.1, 0.15) is 0 Å². The van der Waals surface area contributed by atoms with Gasteiger partial charge in [0.2, 0.25) is 0 Å². The predicted octanol–water partition coefficient (Wildman–Crippen LogP) is 4.13. The summed E-state index contributed by atoms with van der Waals surface area (Å²) in [6, 6.07) is 16.3. The van der Waals surface area contributed by atoms with Gasteiger partial charge in [-0.25, -0.2) is 9.68 Å². The van der Waals surface area contributed by atoms with Crippen LogP contribution in [0.1, 0.15) is 36.7 Å². The summed E-state index contributed by atoms with van der Waals surface area (Å²) in [4.78, 5) is 22.0. The van der Waals surface area contributed by atoms with Crippen LogP contribution in [0.3, 0.4) is 0 Å². The summed E-state index contributed by atoms with van der Waals surface area (Å²) < 4.78 is 0. The Morgan fingerprint density at radius 2 is 1.50 bits per heavy atom. The minimum absolute atomic E-state index is 0.0876. The molecule has 2 aromatic carbocycles. The Bertz CT molecular complexity index is 583. The van der Waals surface area contributed by atoms with E-state index in [0.717, 1.165) is 5.56 Å². The van der Waals surface area contributed by atoms with E-state index in [1.54, 1.807) is 30.3 Å². The van der Waals surface area contributed by atoms with Crippen molar-refractivity contribution in [3.05, 3.63) is 65.7 Å². The molecule has 0 fully saturated rings. The second-order valence-corrected chi connectivity index (χ2v) is 5.57. The Hall–Kier alpha value is -2.29. The average Bonchev–Trinajstić information content (AvgIpc) is 2.45. The van der Waals surface area contributed by atoms with Crippen molar-refractivity contribution in [2.24, 2.45) is 0 Å². The van der Waals surface area contributed by atoms with Gasteiger partial charge >= 0.3 is 5.97 Å². The Balaban J connectivity index is 2.11. The Morgan fingerprint density at radius 1 is 0.900 bits per heavy atom. The second-order valence-electron chi connectivity index (χ2n) is 5.57. The fourth-order valence-corrected chi connectivity index (χ4v) is 1.86.